The van der Waals surface area contributed by atoms with Crippen molar-refractivity contribution in [2.45, 2.75) is 56.3 Å². The van der Waals surface area contributed by atoms with Crippen LogP contribution in [0.5, 0.6) is 0 Å². The van der Waals surface area contributed by atoms with Crippen LogP contribution in [-0.2, 0) is 40.0 Å². The van der Waals surface area contributed by atoms with Crippen LogP contribution in [0.25, 0.3) is 0 Å². The fourth-order valence-corrected chi connectivity index (χ4v) is 3.10. The fraction of sp³-hybridized carbons (Fsp3) is 0.409. The molecule has 37 heavy (non-hydrogen) atoms. The molecule has 0 aromatic heterocycles. The first-order valence-corrected chi connectivity index (χ1v) is 11.0. The lowest BCUT2D eigenvalue weighted by molar-refractivity contribution is -0.143. The lowest BCUT2D eigenvalue weighted by atomic mass is 10.0. The van der Waals surface area contributed by atoms with Gasteiger partial charge in [-0.3, -0.25) is 28.8 Å². The Kier molecular flexibility index (Phi) is 12.2. The van der Waals surface area contributed by atoms with Gasteiger partial charge in [-0.1, -0.05) is 30.3 Å². The average Bonchev–Trinajstić information content (AvgIpc) is 2.80. The molecule has 1 aromatic carbocycles. The third-order valence-electron chi connectivity index (χ3n) is 4.95. The summed E-state index contributed by atoms with van der Waals surface area (Å²) in [7, 11) is 0. The number of carboxylic acids is 3. The monoisotopic (exact) mass is 523 g/mol. The van der Waals surface area contributed by atoms with Gasteiger partial charge in [0.1, 0.15) is 18.1 Å². The minimum Gasteiger partial charge on any atom is -0.481 e. The highest BCUT2D eigenvalue weighted by Gasteiger charge is 2.31. The maximum atomic E-state index is 12.8. The van der Waals surface area contributed by atoms with Crippen molar-refractivity contribution in [2.24, 2.45) is 11.5 Å². The normalized spacial score (nSPS) is 13.8. The number of nitrogens with one attached hydrogen (secondary N) is 3. The molecular formula is C22H29N5O10. The van der Waals surface area contributed by atoms with Crippen LogP contribution in [0.3, 0.4) is 0 Å². The van der Waals surface area contributed by atoms with Gasteiger partial charge in [0.25, 0.3) is 0 Å². The van der Waals surface area contributed by atoms with Crippen molar-refractivity contribution in [1.82, 2.24) is 16.0 Å². The molecule has 0 aliphatic carbocycles. The summed E-state index contributed by atoms with van der Waals surface area (Å²) >= 11 is 0. The number of carbonyl (C=O) groups is 7. The molecule has 1 rings (SSSR count). The second-order valence-electron chi connectivity index (χ2n) is 8.02. The van der Waals surface area contributed by atoms with E-state index in [0.29, 0.717) is 5.56 Å². The molecule has 4 atom stereocenters. The molecule has 4 amide bonds. The Morgan fingerprint density at radius 1 is 0.730 bits per heavy atom. The van der Waals surface area contributed by atoms with Gasteiger partial charge in [0.15, 0.2) is 0 Å². The number of aliphatic carboxylic acids is 3. The molecule has 4 unspecified atom stereocenters. The van der Waals surface area contributed by atoms with Gasteiger partial charge in [-0.2, -0.15) is 0 Å². The highest BCUT2D eigenvalue weighted by molar-refractivity contribution is 5.96. The summed E-state index contributed by atoms with van der Waals surface area (Å²) in [5.41, 5.74) is 11.1. The summed E-state index contributed by atoms with van der Waals surface area (Å²) in [6.07, 6.45) is -2.69. The van der Waals surface area contributed by atoms with Gasteiger partial charge in [0.05, 0.1) is 18.9 Å². The van der Waals surface area contributed by atoms with E-state index in [1.807, 2.05) is 0 Å². The number of nitrogens with two attached hydrogens (primary N) is 2. The SMILES string of the molecule is NC(=O)CC(NC(=O)C(N)CC(=O)O)C(=O)NC(CCC(=O)O)C(=O)NC(Cc1ccccc1)C(=O)O. The lowest BCUT2D eigenvalue weighted by Gasteiger charge is -2.24. The molecule has 0 aliphatic heterocycles. The number of rotatable bonds is 16. The number of amides is 4. The summed E-state index contributed by atoms with van der Waals surface area (Å²) in [5, 5.41) is 33.8. The van der Waals surface area contributed by atoms with Gasteiger partial charge in [-0.05, 0) is 12.0 Å². The van der Waals surface area contributed by atoms with Crippen LogP contribution in [0, 0.1) is 0 Å². The van der Waals surface area contributed by atoms with Crippen LogP contribution in [0.2, 0.25) is 0 Å². The molecule has 0 saturated heterocycles. The highest BCUT2D eigenvalue weighted by Crippen LogP contribution is 2.06. The van der Waals surface area contributed by atoms with Gasteiger partial charge in [0.2, 0.25) is 23.6 Å². The Hall–Kier alpha value is -4.53. The Balaban J connectivity index is 3.05. The lowest BCUT2D eigenvalue weighted by Crippen LogP contribution is -2.58. The van der Waals surface area contributed by atoms with E-state index in [4.69, 9.17) is 21.7 Å². The second-order valence-corrected chi connectivity index (χ2v) is 8.02. The van der Waals surface area contributed by atoms with Crippen molar-refractivity contribution in [2.75, 3.05) is 0 Å². The fourth-order valence-electron chi connectivity index (χ4n) is 3.10. The third-order valence-corrected chi connectivity index (χ3v) is 4.95. The average molecular weight is 523 g/mol. The zero-order chi connectivity index (χ0) is 28.1. The summed E-state index contributed by atoms with van der Waals surface area (Å²) < 4.78 is 0. The number of hydrogen-bond acceptors (Lipinski definition) is 8. The topological polar surface area (TPSA) is 268 Å². The maximum absolute atomic E-state index is 12.8. The van der Waals surface area contributed by atoms with Gasteiger partial charge in [-0.15, -0.1) is 0 Å². The Morgan fingerprint density at radius 2 is 1.27 bits per heavy atom. The number of hydrogen-bond donors (Lipinski definition) is 8. The predicted octanol–water partition coefficient (Wildman–Crippen LogP) is -2.69. The first kappa shape index (κ1) is 30.5. The number of carbonyl (C=O) groups excluding carboxylic acids is 4. The van der Waals surface area contributed by atoms with E-state index >= 15 is 0 Å². The summed E-state index contributed by atoms with van der Waals surface area (Å²) in [6.45, 7) is 0. The largest absolute Gasteiger partial charge is 0.481 e. The Bertz CT molecular complexity index is 1020. The van der Waals surface area contributed by atoms with E-state index in [1.54, 1.807) is 30.3 Å². The van der Waals surface area contributed by atoms with E-state index in [2.05, 4.69) is 16.0 Å². The van der Waals surface area contributed by atoms with E-state index < -0.39 is 91.4 Å². The number of carboxylic acid groups (broad SMARTS) is 3. The van der Waals surface area contributed by atoms with E-state index in [-0.39, 0.29) is 6.42 Å². The van der Waals surface area contributed by atoms with Crippen LogP contribution >= 0.6 is 0 Å². The first-order valence-electron chi connectivity index (χ1n) is 11.0. The van der Waals surface area contributed by atoms with Crippen molar-refractivity contribution in [3.05, 3.63) is 35.9 Å². The van der Waals surface area contributed by atoms with Gasteiger partial charge in [-0.25, -0.2) is 4.79 Å². The van der Waals surface area contributed by atoms with E-state index in [1.165, 1.54) is 0 Å². The minimum absolute atomic E-state index is 0.108. The molecule has 0 spiro atoms. The molecule has 15 nitrogen and oxygen atoms in total. The first-order chi connectivity index (χ1) is 17.3. The van der Waals surface area contributed by atoms with Crippen molar-refractivity contribution in [1.29, 1.82) is 0 Å². The maximum Gasteiger partial charge on any atom is 0.326 e. The summed E-state index contributed by atoms with van der Waals surface area (Å²) in [4.78, 5) is 82.7. The molecular weight excluding hydrogens is 494 g/mol. The zero-order valence-electron chi connectivity index (χ0n) is 19.6. The third kappa shape index (κ3) is 11.6. The summed E-state index contributed by atoms with van der Waals surface area (Å²) in [6, 6.07) is 2.09. The molecule has 0 radical (unpaired) electrons. The standard InChI is InChI=1S/C22H29N5O10/c23-12(9-18(31)32)19(33)26-14(10-16(24)28)21(35)25-13(6-7-17(29)30)20(34)27-15(22(36)37)8-11-4-2-1-3-5-11/h1-5,12-15H,6-10,23H2,(H2,24,28)(H,25,35)(H,26,33)(H,27,34)(H,29,30)(H,31,32)(H,36,37). The number of benzene rings is 1. The van der Waals surface area contributed by atoms with Crippen LogP contribution in [0.4, 0.5) is 0 Å². The Morgan fingerprint density at radius 3 is 1.78 bits per heavy atom. The van der Waals surface area contributed by atoms with Crippen LogP contribution in [0.1, 0.15) is 31.2 Å². The highest BCUT2D eigenvalue weighted by atomic mass is 16.4. The molecule has 0 saturated carbocycles. The molecule has 1 aromatic rings. The molecule has 10 N–H and O–H groups in total. The summed E-state index contributed by atoms with van der Waals surface area (Å²) in [5.74, 6) is -8.37. The smallest absolute Gasteiger partial charge is 0.326 e. The zero-order valence-corrected chi connectivity index (χ0v) is 19.6. The van der Waals surface area contributed by atoms with E-state index in [0.717, 1.165) is 0 Å². The minimum atomic E-state index is -1.68. The van der Waals surface area contributed by atoms with Crippen LogP contribution in [-0.4, -0.2) is 81.0 Å². The molecule has 15 heteroatoms. The van der Waals surface area contributed by atoms with Crippen LogP contribution in [0.15, 0.2) is 30.3 Å². The van der Waals surface area contributed by atoms with Crippen LogP contribution < -0.4 is 27.4 Å². The van der Waals surface area contributed by atoms with Gasteiger partial charge < -0.3 is 42.7 Å². The van der Waals surface area contributed by atoms with Gasteiger partial charge >= 0.3 is 17.9 Å². The van der Waals surface area contributed by atoms with Crippen molar-refractivity contribution >= 4 is 41.5 Å². The molecule has 0 heterocycles. The van der Waals surface area contributed by atoms with Gasteiger partial charge in [0, 0.05) is 12.8 Å². The van der Waals surface area contributed by atoms with Crippen molar-refractivity contribution < 1.29 is 48.9 Å². The predicted molar refractivity (Wildman–Crippen MR) is 124 cm³/mol. The second kappa shape index (κ2) is 14.8. The molecule has 202 valence electrons. The molecule has 0 fully saturated rings. The van der Waals surface area contributed by atoms with Crippen molar-refractivity contribution in [3.8, 4) is 0 Å². The molecule has 0 bridgehead atoms. The Labute approximate surface area is 210 Å². The molecule has 0 aliphatic rings. The quantitative estimate of drug-likeness (QED) is 0.110. The number of primary amides is 1. The van der Waals surface area contributed by atoms with E-state index in [9.17, 15) is 38.7 Å². The van der Waals surface area contributed by atoms with Crippen molar-refractivity contribution in [3.63, 3.8) is 0 Å².